The predicted molar refractivity (Wildman–Crippen MR) is 94.4 cm³/mol. The molecule has 2 aromatic heterocycles. The second-order valence-electron chi connectivity index (χ2n) is 5.57. The first kappa shape index (κ1) is 17.2. The molecule has 4 nitrogen and oxygen atoms in total. The van der Waals surface area contributed by atoms with E-state index < -0.39 is 23.4 Å². The van der Waals surface area contributed by atoms with Crippen molar-refractivity contribution >= 4 is 23.1 Å². The maximum absolute atomic E-state index is 13.8. The molecular weight excluding hydrogens is 344 g/mol. The summed E-state index contributed by atoms with van der Waals surface area (Å²) in [5, 5.41) is 4.28. The number of thiophene rings is 1. The van der Waals surface area contributed by atoms with Gasteiger partial charge in [-0.2, -0.15) is 0 Å². The molecule has 0 saturated heterocycles. The van der Waals surface area contributed by atoms with E-state index in [0.29, 0.717) is 13.1 Å². The second-order valence-corrected chi connectivity index (χ2v) is 6.60. The molecule has 2 heterocycles. The minimum absolute atomic E-state index is 0.323. The van der Waals surface area contributed by atoms with Crippen molar-refractivity contribution in [3.63, 3.8) is 0 Å². The molecule has 1 N–H and O–H groups in total. The van der Waals surface area contributed by atoms with E-state index in [2.05, 4.69) is 5.32 Å². The van der Waals surface area contributed by atoms with Crippen LogP contribution >= 0.6 is 11.3 Å². The first-order valence-electron chi connectivity index (χ1n) is 7.67. The Morgan fingerprint density at radius 2 is 1.88 bits per heavy atom. The Kier molecular flexibility index (Phi) is 5.14. The van der Waals surface area contributed by atoms with E-state index >= 15 is 0 Å². The average molecular weight is 361 g/mol. The molecule has 130 valence electrons. The SMILES string of the molecule is Cn1cccc1CN(Cc1cccs1)C(=O)Nc1c(F)cccc1F. The van der Waals surface area contributed by atoms with Crippen LogP contribution in [0.25, 0.3) is 0 Å². The molecule has 0 fully saturated rings. The molecule has 3 aromatic rings. The highest BCUT2D eigenvalue weighted by Gasteiger charge is 2.19. The van der Waals surface area contributed by atoms with Crippen LogP contribution in [-0.4, -0.2) is 15.5 Å². The number of nitrogens with zero attached hydrogens (tertiary/aromatic N) is 2. The number of halogens is 2. The van der Waals surface area contributed by atoms with Crippen molar-refractivity contribution in [3.05, 3.63) is 76.2 Å². The topological polar surface area (TPSA) is 37.3 Å². The lowest BCUT2D eigenvalue weighted by Crippen LogP contribution is -2.34. The third-order valence-corrected chi connectivity index (χ3v) is 4.67. The molecule has 1 aromatic carbocycles. The van der Waals surface area contributed by atoms with Gasteiger partial charge in [0.15, 0.2) is 0 Å². The molecule has 0 atom stereocenters. The summed E-state index contributed by atoms with van der Waals surface area (Å²) in [6.07, 6.45) is 1.88. The lowest BCUT2D eigenvalue weighted by atomic mass is 10.3. The molecule has 0 spiro atoms. The molecule has 0 bridgehead atoms. The third-order valence-electron chi connectivity index (χ3n) is 3.81. The van der Waals surface area contributed by atoms with Crippen LogP contribution in [0.5, 0.6) is 0 Å². The zero-order chi connectivity index (χ0) is 17.8. The summed E-state index contributed by atoms with van der Waals surface area (Å²) >= 11 is 1.52. The monoisotopic (exact) mass is 361 g/mol. The zero-order valence-electron chi connectivity index (χ0n) is 13.6. The molecule has 0 saturated carbocycles. The molecule has 0 aliphatic rings. The van der Waals surface area contributed by atoms with Crippen LogP contribution in [0.15, 0.2) is 54.0 Å². The number of aryl methyl sites for hydroxylation is 1. The number of rotatable bonds is 5. The standard InChI is InChI=1S/C18H17F2N3OS/c1-22-9-3-5-13(22)11-23(12-14-6-4-10-25-14)18(24)21-17-15(19)7-2-8-16(17)20/h2-10H,11-12H2,1H3,(H,21,24). The van der Waals surface area contributed by atoms with Gasteiger partial charge in [-0.1, -0.05) is 12.1 Å². The highest BCUT2D eigenvalue weighted by atomic mass is 32.1. The quantitative estimate of drug-likeness (QED) is 0.709. The lowest BCUT2D eigenvalue weighted by molar-refractivity contribution is 0.205. The van der Waals surface area contributed by atoms with Gasteiger partial charge in [-0.3, -0.25) is 0 Å². The number of hydrogen-bond acceptors (Lipinski definition) is 2. The van der Waals surface area contributed by atoms with Gasteiger partial charge >= 0.3 is 6.03 Å². The number of aromatic nitrogens is 1. The fourth-order valence-electron chi connectivity index (χ4n) is 2.45. The van der Waals surface area contributed by atoms with Crippen molar-refractivity contribution in [2.24, 2.45) is 7.05 Å². The Labute approximate surface area is 148 Å². The molecule has 25 heavy (non-hydrogen) atoms. The number of nitrogens with one attached hydrogen (secondary N) is 1. The third kappa shape index (κ3) is 4.06. The fourth-order valence-corrected chi connectivity index (χ4v) is 3.17. The molecule has 0 aliphatic carbocycles. The first-order chi connectivity index (χ1) is 12.0. The van der Waals surface area contributed by atoms with E-state index in [1.165, 1.54) is 22.3 Å². The molecule has 2 amide bonds. The Hall–Kier alpha value is -2.67. The van der Waals surface area contributed by atoms with Crippen molar-refractivity contribution in [1.82, 2.24) is 9.47 Å². The van der Waals surface area contributed by atoms with Crippen molar-refractivity contribution in [1.29, 1.82) is 0 Å². The summed E-state index contributed by atoms with van der Waals surface area (Å²) in [5.41, 5.74) is 0.483. The largest absolute Gasteiger partial charge is 0.353 e. The van der Waals surface area contributed by atoms with Crippen molar-refractivity contribution in [2.75, 3.05) is 5.32 Å². The smallest absolute Gasteiger partial charge is 0.322 e. The van der Waals surface area contributed by atoms with Crippen molar-refractivity contribution in [3.8, 4) is 0 Å². The van der Waals surface area contributed by atoms with Gasteiger partial charge in [0.05, 0.1) is 13.1 Å². The fraction of sp³-hybridized carbons (Fsp3) is 0.167. The van der Waals surface area contributed by atoms with Crippen LogP contribution in [0.4, 0.5) is 19.3 Å². The number of carbonyl (C=O) groups excluding carboxylic acids is 1. The van der Waals surface area contributed by atoms with Crippen LogP contribution in [0.1, 0.15) is 10.6 Å². The average Bonchev–Trinajstić information content (AvgIpc) is 3.23. The van der Waals surface area contributed by atoms with Gasteiger partial charge in [0.2, 0.25) is 0 Å². The second kappa shape index (κ2) is 7.48. The van der Waals surface area contributed by atoms with E-state index in [0.717, 1.165) is 22.7 Å². The van der Waals surface area contributed by atoms with E-state index in [-0.39, 0.29) is 0 Å². The van der Waals surface area contributed by atoms with E-state index in [1.807, 2.05) is 47.5 Å². The van der Waals surface area contributed by atoms with Gasteiger partial charge in [-0.05, 0) is 35.7 Å². The van der Waals surface area contributed by atoms with E-state index in [1.54, 1.807) is 0 Å². The van der Waals surface area contributed by atoms with Gasteiger partial charge in [0, 0.05) is 23.8 Å². The maximum Gasteiger partial charge on any atom is 0.322 e. The van der Waals surface area contributed by atoms with E-state index in [4.69, 9.17) is 0 Å². The van der Waals surface area contributed by atoms with Crippen LogP contribution in [-0.2, 0) is 20.1 Å². The molecular formula is C18H17F2N3OS. The normalized spacial score (nSPS) is 10.7. The number of anilines is 1. The molecule has 0 unspecified atom stereocenters. The minimum Gasteiger partial charge on any atom is -0.353 e. The Morgan fingerprint density at radius 3 is 2.48 bits per heavy atom. The maximum atomic E-state index is 13.8. The Bertz CT molecular complexity index is 841. The van der Waals surface area contributed by atoms with Crippen LogP contribution in [0.2, 0.25) is 0 Å². The predicted octanol–water partition coefficient (Wildman–Crippen LogP) is 4.60. The summed E-state index contributed by atoms with van der Waals surface area (Å²) in [5.74, 6) is -1.61. The van der Waals surface area contributed by atoms with Crippen LogP contribution in [0.3, 0.4) is 0 Å². The molecule has 0 radical (unpaired) electrons. The molecule has 0 aliphatic heterocycles. The summed E-state index contributed by atoms with van der Waals surface area (Å²) in [6, 6.07) is 10.5. The van der Waals surface area contributed by atoms with Crippen molar-refractivity contribution in [2.45, 2.75) is 13.1 Å². The summed E-state index contributed by atoms with van der Waals surface area (Å²) < 4.78 is 29.5. The summed E-state index contributed by atoms with van der Waals surface area (Å²) in [7, 11) is 1.88. The van der Waals surface area contributed by atoms with Gasteiger partial charge < -0.3 is 14.8 Å². The molecule has 7 heteroatoms. The summed E-state index contributed by atoms with van der Waals surface area (Å²) in [6.45, 7) is 0.675. The van der Waals surface area contributed by atoms with Gasteiger partial charge in [-0.15, -0.1) is 11.3 Å². The number of urea groups is 1. The first-order valence-corrected chi connectivity index (χ1v) is 8.55. The number of para-hydroxylation sites is 1. The van der Waals surface area contributed by atoms with E-state index in [9.17, 15) is 13.6 Å². The minimum atomic E-state index is -0.803. The Morgan fingerprint density at radius 1 is 1.12 bits per heavy atom. The highest BCUT2D eigenvalue weighted by Crippen LogP contribution is 2.20. The van der Waals surface area contributed by atoms with Crippen LogP contribution < -0.4 is 5.32 Å². The lowest BCUT2D eigenvalue weighted by Gasteiger charge is -2.23. The molecule has 3 rings (SSSR count). The van der Waals surface area contributed by atoms with Gasteiger partial charge in [0.1, 0.15) is 17.3 Å². The zero-order valence-corrected chi connectivity index (χ0v) is 14.4. The van der Waals surface area contributed by atoms with Gasteiger partial charge in [0.25, 0.3) is 0 Å². The summed E-state index contributed by atoms with van der Waals surface area (Å²) in [4.78, 5) is 15.2. The van der Waals surface area contributed by atoms with Gasteiger partial charge in [-0.25, -0.2) is 13.6 Å². The number of carbonyl (C=O) groups is 1. The number of benzene rings is 1. The Balaban J connectivity index is 1.82. The number of amides is 2. The highest BCUT2D eigenvalue weighted by molar-refractivity contribution is 7.09. The van der Waals surface area contributed by atoms with Crippen molar-refractivity contribution < 1.29 is 13.6 Å². The number of hydrogen-bond donors (Lipinski definition) is 1. The van der Waals surface area contributed by atoms with Crippen LogP contribution in [0, 0.1) is 11.6 Å².